The summed E-state index contributed by atoms with van der Waals surface area (Å²) in [6.45, 7) is 2.79. The maximum absolute atomic E-state index is 12.6. The van der Waals surface area contributed by atoms with Gasteiger partial charge in [-0.05, 0) is 19.9 Å². The van der Waals surface area contributed by atoms with Crippen LogP contribution in [-0.4, -0.2) is 27.7 Å². The van der Waals surface area contributed by atoms with Gasteiger partial charge in [-0.15, -0.1) is 0 Å². The Labute approximate surface area is 107 Å². The highest BCUT2D eigenvalue weighted by Gasteiger charge is 2.34. The van der Waals surface area contributed by atoms with E-state index >= 15 is 0 Å². The second-order valence-electron chi connectivity index (χ2n) is 4.15. The first-order valence-corrected chi connectivity index (χ1v) is 5.80. The average Bonchev–Trinajstić information content (AvgIpc) is 2.72. The van der Waals surface area contributed by atoms with Gasteiger partial charge in [-0.1, -0.05) is 0 Å². The predicted octanol–water partition coefficient (Wildman–Crippen LogP) is 1.82. The lowest BCUT2D eigenvalue weighted by Crippen LogP contribution is -2.12. The Bertz CT molecular complexity index is 575. The molecule has 0 aliphatic rings. The van der Waals surface area contributed by atoms with Crippen LogP contribution >= 0.6 is 0 Å². The maximum atomic E-state index is 12.6. The molecule has 104 valence electrons. The summed E-state index contributed by atoms with van der Waals surface area (Å²) in [4.78, 5) is 4.03. The molecule has 0 aromatic carbocycles. The summed E-state index contributed by atoms with van der Waals surface area (Å²) < 4.78 is 39.0. The molecule has 8 heteroatoms. The van der Waals surface area contributed by atoms with Gasteiger partial charge in [0, 0.05) is 24.4 Å². The van der Waals surface area contributed by atoms with Crippen LogP contribution in [0.15, 0.2) is 12.1 Å². The van der Waals surface area contributed by atoms with E-state index in [1.165, 1.54) is 0 Å². The fourth-order valence-electron chi connectivity index (χ4n) is 1.68. The van der Waals surface area contributed by atoms with Crippen LogP contribution in [0.5, 0.6) is 0 Å². The minimum absolute atomic E-state index is 0.169. The van der Waals surface area contributed by atoms with Crippen molar-refractivity contribution in [2.75, 3.05) is 18.4 Å². The van der Waals surface area contributed by atoms with Gasteiger partial charge in [-0.3, -0.25) is 0 Å². The Morgan fingerprint density at radius 3 is 2.74 bits per heavy atom. The molecule has 2 rings (SSSR count). The van der Waals surface area contributed by atoms with Gasteiger partial charge in [-0.2, -0.15) is 22.8 Å². The summed E-state index contributed by atoms with van der Waals surface area (Å²) in [5, 5.41) is 6.55. The Hall–Kier alpha value is -1.83. The number of aromatic nitrogens is 3. The minimum atomic E-state index is -4.48. The van der Waals surface area contributed by atoms with Gasteiger partial charge >= 0.3 is 6.18 Å². The van der Waals surface area contributed by atoms with Crippen molar-refractivity contribution < 1.29 is 13.2 Å². The lowest BCUT2D eigenvalue weighted by atomic mass is 10.4. The number of aryl methyl sites for hydroxylation is 1. The third-order valence-corrected chi connectivity index (χ3v) is 2.53. The Morgan fingerprint density at radius 2 is 2.11 bits per heavy atom. The third kappa shape index (κ3) is 2.95. The topological polar surface area (TPSA) is 68.2 Å². The van der Waals surface area contributed by atoms with Crippen molar-refractivity contribution in [3.05, 3.63) is 23.5 Å². The highest BCUT2D eigenvalue weighted by atomic mass is 19.4. The molecule has 0 saturated heterocycles. The summed E-state index contributed by atoms with van der Waals surface area (Å²) in [5.74, 6) is 0.478. The number of hydrogen-bond donors (Lipinski definition) is 2. The molecule has 0 aliphatic heterocycles. The number of alkyl halides is 3. The molecule has 0 fully saturated rings. The largest absolute Gasteiger partial charge is 0.435 e. The Kier molecular flexibility index (Phi) is 3.61. The molecule has 0 spiro atoms. The SMILES string of the molecule is Cc1cc(NCCCN)n2nc(C(F)(F)F)cc2n1. The van der Waals surface area contributed by atoms with Crippen LogP contribution in [0.1, 0.15) is 17.8 Å². The van der Waals surface area contributed by atoms with E-state index in [1.807, 2.05) is 0 Å². The molecule has 0 saturated carbocycles. The van der Waals surface area contributed by atoms with E-state index in [0.717, 1.165) is 17.0 Å². The van der Waals surface area contributed by atoms with Gasteiger partial charge in [0.25, 0.3) is 0 Å². The van der Waals surface area contributed by atoms with Crippen LogP contribution in [-0.2, 0) is 6.18 Å². The van der Waals surface area contributed by atoms with Crippen molar-refractivity contribution in [2.45, 2.75) is 19.5 Å². The van der Waals surface area contributed by atoms with E-state index in [1.54, 1.807) is 13.0 Å². The molecule has 0 bridgehead atoms. The zero-order valence-electron chi connectivity index (χ0n) is 10.3. The fraction of sp³-hybridized carbons (Fsp3) is 0.455. The van der Waals surface area contributed by atoms with Crippen LogP contribution in [0.2, 0.25) is 0 Å². The zero-order chi connectivity index (χ0) is 14.0. The molecule has 0 atom stereocenters. The van der Waals surface area contributed by atoms with E-state index < -0.39 is 11.9 Å². The predicted molar refractivity (Wildman–Crippen MR) is 64.9 cm³/mol. The Morgan fingerprint density at radius 1 is 1.37 bits per heavy atom. The van der Waals surface area contributed by atoms with Crippen molar-refractivity contribution in [2.24, 2.45) is 5.73 Å². The molecule has 19 heavy (non-hydrogen) atoms. The first kappa shape index (κ1) is 13.6. The van der Waals surface area contributed by atoms with E-state index in [2.05, 4.69) is 15.4 Å². The van der Waals surface area contributed by atoms with Gasteiger partial charge < -0.3 is 11.1 Å². The van der Waals surface area contributed by atoms with Crippen molar-refractivity contribution >= 4 is 11.5 Å². The number of hydrogen-bond acceptors (Lipinski definition) is 4. The quantitative estimate of drug-likeness (QED) is 0.834. The van der Waals surface area contributed by atoms with Crippen LogP contribution in [0.3, 0.4) is 0 Å². The lowest BCUT2D eigenvalue weighted by Gasteiger charge is -2.08. The highest BCUT2D eigenvalue weighted by Crippen LogP contribution is 2.29. The number of rotatable bonds is 4. The van der Waals surface area contributed by atoms with Crippen LogP contribution in [0.4, 0.5) is 19.0 Å². The minimum Gasteiger partial charge on any atom is -0.370 e. The number of fused-ring (bicyclic) bond motifs is 1. The molecule has 3 N–H and O–H groups in total. The zero-order valence-corrected chi connectivity index (χ0v) is 10.3. The summed E-state index contributed by atoms with van der Waals surface area (Å²) in [7, 11) is 0. The Balaban J connectivity index is 2.42. The molecule has 2 aromatic rings. The molecule has 0 radical (unpaired) electrons. The van der Waals surface area contributed by atoms with Gasteiger partial charge in [0.15, 0.2) is 11.3 Å². The number of nitrogens with zero attached hydrogens (tertiary/aromatic N) is 3. The second-order valence-corrected chi connectivity index (χ2v) is 4.15. The number of nitrogens with two attached hydrogens (primary N) is 1. The molecule has 2 heterocycles. The third-order valence-electron chi connectivity index (χ3n) is 2.53. The molecule has 5 nitrogen and oxygen atoms in total. The second kappa shape index (κ2) is 5.04. The molecule has 0 aliphatic carbocycles. The molecule has 0 unspecified atom stereocenters. The van der Waals surface area contributed by atoms with Gasteiger partial charge in [0.2, 0.25) is 0 Å². The van der Waals surface area contributed by atoms with Crippen molar-refractivity contribution in [3.63, 3.8) is 0 Å². The average molecular weight is 273 g/mol. The first-order chi connectivity index (χ1) is 8.91. The summed E-state index contributed by atoms with van der Waals surface area (Å²) in [6, 6.07) is 2.58. The van der Waals surface area contributed by atoms with Gasteiger partial charge in [-0.25, -0.2) is 4.98 Å². The van der Waals surface area contributed by atoms with Gasteiger partial charge in [0.05, 0.1) is 0 Å². The number of nitrogens with one attached hydrogen (secondary N) is 1. The molecule has 2 aromatic heterocycles. The van der Waals surface area contributed by atoms with Crippen molar-refractivity contribution in [3.8, 4) is 0 Å². The van der Waals surface area contributed by atoms with Gasteiger partial charge in [0.1, 0.15) is 5.82 Å². The monoisotopic (exact) mass is 273 g/mol. The normalized spacial score (nSPS) is 12.1. The standard InChI is InChI=1S/C11H14F3N5/c1-7-5-9(16-4-2-3-15)19-10(17-7)6-8(18-19)11(12,13)14/h5-6,16H,2-4,15H2,1H3. The molecule has 0 amide bonds. The molecular formula is C11H14F3N5. The lowest BCUT2D eigenvalue weighted by molar-refractivity contribution is -0.141. The molecular weight excluding hydrogens is 259 g/mol. The number of halogens is 3. The van der Waals surface area contributed by atoms with E-state index in [0.29, 0.717) is 24.6 Å². The maximum Gasteiger partial charge on any atom is 0.435 e. The van der Waals surface area contributed by atoms with Crippen LogP contribution in [0, 0.1) is 6.92 Å². The van der Waals surface area contributed by atoms with Crippen molar-refractivity contribution in [1.29, 1.82) is 0 Å². The summed E-state index contributed by atoms with van der Waals surface area (Å²) in [6.07, 6.45) is -3.76. The van der Waals surface area contributed by atoms with E-state index in [-0.39, 0.29) is 5.65 Å². The fourth-order valence-corrected chi connectivity index (χ4v) is 1.68. The summed E-state index contributed by atoms with van der Waals surface area (Å²) in [5.41, 5.74) is 5.21. The first-order valence-electron chi connectivity index (χ1n) is 5.80. The summed E-state index contributed by atoms with van der Waals surface area (Å²) >= 11 is 0. The van der Waals surface area contributed by atoms with Crippen LogP contribution in [0.25, 0.3) is 5.65 Å². The highest BCUT2D eigenvalue weighted by molar-refractivity contribution is 5.50. The van der Waals surface area contributed by atoms with Crippen molar-refractivity contribution in [1.82, 2.24) is 14.6 Å². The van der Waals surface area contributed by atoms with Crippen LogP contribution < -0.4 is 11.1 Å². The van der Waals surface area contributed by atoms with E-state index in [9.17, 15) is 13.2 Å². The van der Waals surface area contributed by atoms with E-state index in [4.69, 9.17) is 5.73 Å². The smallest absolute Gasteiger partial charge is 0.370 e. The number of anilines is 1.